The van der Waals surface area contributed by atoms with Crippen LogP contribution in [0.25, 0.3) is 5.69 Å². The smallest absolute Gasteiger partial charge is 0.143 e. The Morgan fingerprint density at radius 1 is 1.33 bits per heavy atom. The largest absolute Gasteiger partial charge is 0.261 e. The molecule has 2 aromatic rings. The van der Waals surface area contributed by atoms with Crippen LogP contribution in [-0.4, -0.2) is 25.2 Å². The topological polar surface area (TPSA) is 56.5 Å². The molecule has 6 heteroatoms. The Morgan fingerprint density at radius 3 is 2.92 bits per heavy atom. The minimum absolute atomic E-state index is 0.558. The van der Waals surface area contributed by atoms with Gasteiger partial charge in [0.15, 0.2) is 0 Å². The number of tetrazole rings is 1. The van der Waals surface area contributed by atoms with Gasteiger partial charge < -0.3 is 0 Å². The Hall–Kier alpha value is -1.49. The van der Waals surface area contributed by atoms with Crippen molar-refractivity contribution in [2.75, 3.05) is 0 Å². The number of hydrogen-bond acceptors (Lipinski definition) is 4. The molecule has 0 aliphatic rings. The predicted octanol–water partition coefficient (Wildman–Crippen LogP) is 0.711. The molecular weight excluding hydrogens is 178 g/mol. The highest BCUT2D eigenvalue weighted by Gasteiger charge is 1.97. The normalized spacial score (nSPS) is 10.1. The van der Waals surface area contributed by atoms with E-state index in [0.717, 1.165) is 5.69 Å². The van der Waals surface area contributed by atoms with Crippen LogP contribution in [0.15, 0.2) is 24.8 Å². The van der Waals surface area contributed by atoms with Gasteiger partial charge in [-0.3, -0.25) is 4.98 Å². The van der Waals surface area contributed by atoms with Gasteiger partial charge >= 0.3 is 0 Å². The van der Waals surface area contributed by atoms with Crippen molar-refractivity contribution in [3.05, 3.63) is 29.8 Å². The van der Waals surface area contributed by atoms with Gasteiger partial charge in [-0.05, 0) is 16.5 Å². The standard InChI is InChI=1S/C6H4ClN5/c7-5-1-6(3-8-2-5)12-4-9-10-11-12/h1-4H. The van der Waals surface area contributed by atoms with Crippen LogP contribution >= 0.6 is 11.6 Å². The minimum atomic E-state index is 0.558. The molecule has 5 nitrogen and oxygen atoms in total. The SMILES string of the molecule is Clc1cncc(-n2cnnn2)c1. The number of halogens is 1. The summed E-state index contributed by atoms with van der Waals surface area (Å²) < 4.78 is 1.48. The Balaban J connectivity index is 2.48. The van der Waals surface area contributed by atoms with Crippen LogP contribution in [0.4, 0.5) is 0 Å². The van der Waals surface area contributed by atoms with E-state index in [1.54, 1.807) is 18.5 Å². The first-order valence-electron chi connectivity index (χ1n) is 3.20. The molecule has 0 radical (unpaired) electrons. The third-order valence-electron chi connectivity index (χ3n) is 1.30. The summed E-state index contributed by atoms with van der Waals surface area (Å²) in [5.74, 6) is 0. The molecule has 0 bridgehead atoms. The van der Waals surface area contributed by atoms with Crippen molar-refractivity contribution in [3.8, 4) is 5.69 Å². The Morgan fingerprint density at radius 2 is 2.25 bits per heavy atom. The molecule has 2 rings (SSSR count). The summed E-state index contributed by atoms with van der Waals surface area (Å²) in [6, 6.07) is 1.73. The summed E-state index contributed by atoms with van der Waals surface area (Å²) >= 11 is 5.72. The third kappa shape index (κ3) is 1.26. The summed E-state index contributed by atoms with van der Waals surface area (Å²) in [7, 11) is 0. The highest BCUT2D eigenvalue weighted by atomic mass is 35.5. The first-order valence-corrected chi connectivity index (χ1v) is 3.58. The lowest BCUT2D eigenvalue weighted by Crippen LogP contribution is -1.95. The quantitative estimate of drug-likeness (QED) is 0.650. The van der Waals surface area contributed by atoms with Crippen molar-refractivity contribution in [2.45, 2.75) is 0 Å². The molecule has 0 saturated carbocycles. The van der Waals surface area contributed by atoms with Gasteiger partial charge in [0.1, 0.15) is 6.33 Å². The van der Waals surface area contributed by atoms with Crippen molar-refractivity contribution < 1.29 is 0 Å². The number of aromatic nitrogens is 5. The fourth-order valence-corrected chi connectivity index (χ4v) is 0.974. The highest BCUT2D eigenvalue weighted by Crippen LogP contribution is 2.10. The average molecular weight is 182 g/mol. The summed E-state index contributed by atoms with van der Waals surface area (Å²) in [6.45, 7) is 0. The lowest BCUT2D eigenvalue weighted by atomic mass is 10.4. The number of rotatable bonds is 1. The van der Waals surface area contributed by atoms with Crippen molar-refractivity contribution in [2.24, 2.45) is 0 Å². The maximum absolute atomic E-state index is 5.72. The van der Waals surface area contributed by atoms with E-state index in [9.17, 15) is 0 Å². The van der Waals surface area contributed by atoms with Crippen LogP contribution in [0.2, 0.25) is 5.02 Å². The molecule has 0 saturated heterocycles. The van der Waals surface area contributed by atoms with E-state index in [1.165, 1.54) is 11.0 Å². The number of hydrogen-bond donors (Lipinski definition) is 0. The van der Waals surface area contributed by atoms with Crippen molar-refractivity contribution in [3.63, 3.8) is 0 Å². The third-order valence-corrected chi connectivity index (χ3v) is 1.51. The minimum Gasteiger partial charge on any atom is -0.261 e. The molecule has 0 aliphatic carbocycles. The van der Waals surface area contributed by atoms with Crippen molar-refractivity contribution in [1.82, 2.24) is 25.2 Å². The molecule has 0 fully saturated rings. The fraction of sp³-hybridized carbons (Fsp3) is 0. The average Bonchev–Trinajstić information content (AvgIpc) is 2.56. The highest BCUT2D eigenvalue weighted by molar-refractivity contribution is 6.30. The van der Waals surface area contributed by atoms with Crippen LogP contribution in [0.5, 0.6) is 0 Å². The van der Waals surface area contributed by atoms with Gasteiger partial charge in [0.25, 0.3) is 0 Å². The van der Waals surface area contributed by atoms with Crippen LogP contribution in [0.1, 0.15) is 0 Å². The summed E-state index contributed by atoms with van der Waals surface area (Å²) in [4.78, 5) is 3.89. The molecule has 0 N–H and O–H groups in total. The number of nitrogens with zero attached hydrogens (tertiary/aromatic N) is 5. The second kappa shape index (κ2) is 2.86. The van der Waals surface area contributed by atoms with E-state index in [1.807, 2.05) is 0 Å². The van der Waals surface area contributed by atoms with Gasteiger partial charge in [0.05, 0.1) is 16.9 Å². The summed E-state index contributed by atoms with van der Waals surface area (Å²) in [6.07, 6.45) is 4.66. The molecular formula is C6H4ClN5. The molecule has 2 heterocycles. The van der Waals surface area contributed by atoms with E-state index < -0.39 is 0 Å². The molecule has 2 aromatic heterocycles. The van der Waals surface area contributed by atoms with E-state index in [2.05, 4.69) is 20.5 Å². The van der Waals surface area contributed by atoms with Crippen LogP contribution in [0, 0.1) is 0 Å². The van der Waals surface area contributed by atoms with E-state index in [0.29, 0.717) is 5.02 Å². The van der Waals surface area contributed by atoms with Crippen molar-refractivity contribution in [1.29, 1.82) is 0 Å². The van der Waals surface area contributed by atoms with Crippen LogP contribution in [0.3, 0.4) is 0 Å². The maximum atomic E-state index is 5.72. The molecule has 60 valence electrons. The zero-order valence-corrected chi connectivity index (χ0v) is 6.68. The Labute approximate surface area is 73.0 Å². The van der Waals surface area contributed by atoms with Gasteiger partial charge in [-0.2, -0.15) is 4.68 Å². The molecule has 0 aliphatic heterocycles. The molecule has 12 heavy (non-hydrogen) atoms. The predicted molar refractivity (Wildman–Crippen MR) is 42.0 cm³/mol. The first kappa shape index (κ1) is 7.17. The lowest BCUT2D eigenvalue weighted by molar-refractivity contribution is 0.786. The Bertz CT molecular complexity index is 371. The second-order valence-electron chi connectivity index (χ2n) is 2.12. The van der Waals surface area contributed by atoms with E-state index in [-0.39, 0.29) is 0 Å². The Kier molecular flexibility index (Phi) is 1.71. The maximum Gasteiger partial charge on any atom is 0.143 e. The molecule has 0 unspecified atom stereocenters. The lowest BCUT2D eigenvalue weighted by Gasteiger charge is -1.96. The van der Waals surface area contributed by atoms with Crippen LogP contribution in [-0.2, 0) is 0 Å². The first-order chi connectivity index (χ1) is 5.86. The zero-order valence-electron chi connectivity index (χ0n) is 5.92. The van der Waals surface area contributed by atoms with Gasteiger partial charge in [-0.25, -0.2) is 0 Å². The van der Waals surface area contributed by atoms with Gasteiger partial charge in [-0.15, -0.1) is 5.10 Å². The molecule has 0 aromatic carbocycles. The van der Waals surface area contributed by atoms with Crippen molar-refractivity contribution >= 4 is 11.6 Å². The summed E-state index contributed by atoms with van der Waals surface area (Å²) in [5.41, 5.74) is 0.743. The monoisotopic (exact) mass is 181 g/mol. The summed E-state index contributed by atoms with van der Waals surface area (Å²) in [5, 5.41) is 11.2. The van der Waals surface area contributed by atoms with Gasteiger partial charge in [-0.1, -0.05) is 11.6 Å². The van der Waals surface area contributed by atoms with E-state index in [4.69, 9.17) is 11.6 Å². The van der Waals surface area contributed by atoms with E-state index >= 15 is 0 Å². The van der Waals surface area contributed by atoms with Crippen LogP contribution < -0.4 is 0 Å². The van der Waals surface area contributed by atoms with Gasteiger partial charge in [0, 0.05) is 6.20 Å². The zero-order chi connectivity index (χ0) is 8.39. The fourth-order valence-electron chi connectivity index (χ4n) is 0.806. The molecule has 0 atom stereocenters. The van der Waals surface area contributed by atoms with Gasteiger partial charge in [0.2, 0.25) is 0 Å². The number of pyridine rings is 1. The molecule has 0 spiro atoms. The molecule has 0 amide bonds. The second-order valence-corrected chi connectivity index (χ2v) is 2.55.